The van der Waals surface area contributed by atoms with E-state index in [9.17, 15) is 0 Å². The van der Waals surface area contributed by atoms with E-state index in [-0.39, 0.29) is 0 Å². The van der Waals surface area contributed by atoms with E-state index in [4.69, 9.17) is 4.74 Å². The molecule has 0 saturated heterocycles. The van der Waals surface area contributed by atoms with Crippen LogP contribution < -0.4 is 10.1 Å². The summed E-state index contributed by atoms with van der Waals surface area (Å²) in [5, 5.41) is 3.51. The van der Waals surface area contributed by atoms with Crippen molar-refractivity contribution in [3.63, 3.8) is 0 Å². The van der Waals surface area contributed by atoms with Gasteiger partial charge in [-0.15, -0.1) is 11.3 Å². The second-order valence-corrected chi connectivity index (χ2v) is 6.35. The largest absolute Gasteiger partial charge is 0.493 e. The van der Waals surface area contributed by atoms with Crippen molar-refractivity contribution in [2.24, 2.45) is 0 Å². The molecule has 1 aliphatic heterocycles. The first-order valence-corrected chi connectivity index (χ1v) is 7.63. The molecule has 2 heterocycles. The Balaban J connectivity index is 1.47. The molecular weight excluding hydrogens is 254 g/mol. The van der Waals surface area contributed by atoms with Crippen molar-refractivity contribution in [1.82, 2.24) is 5.32 Å². The molecule has 3 heteroatoms. The molecule has 0 radical (unpaired) electrons. The van der Waals surface area contributed by atoms with Crippen molar-refractivity contribution >= 4 is 11.3 Å². The van der Waals surface area contributed by atoms with Crippen LogP contribution in [0.4, 0.5) is 0 Å². The summed E-state index contributed by atoms with van der Waals surface area (Å²) in [6.07, 6.45) is 2.14. The lowest BCUT2D eigenvalue weighted by atomic mass is 10.1. The van der Waals surface area contributed by atoms with E-state index in [1.807, 2.05) is 11.3 Å². The SMILES string of the molecule is Cc1ccc(CNCCc2ccc3c(c2)CCO3)s1. The molecule has 1 aliphatic rings. The molecule has 1 N–H and O–H groups in total. The number of rotatable bonds is 5. The monoisotopic (exact) mass is 273 g/mol. The van der Waals surface area contributed by atoms with Gasteiger partial charge >= 0.3 is 0 Å². The molecule has 1 aromatic heterocycles. The minimum absolute atomic E-state index is 0.842. The molecule has 2 aromatic rings. The summed E-state index contributed by atoms with van der Waals surface area (Å²) in [5.41, 5.74) is 2.77. The highest BCUT2D eigenvalue weighted by Crippen LogP contribution is 2.25. The standard InChI is InChI=1S/C16H19NOS/c1-12-2-4-15(19-12)11-17-8-6-13-3-5-16-14(10-13)7-9-18-16/h2-5,10,17H,6-9,11H2,1H3. The van der Waals surface area contributed by atoms with E-state index in [1.54, 1.807) is 0 Å². The molecule has 0 unspecified atom stereocenters. The smallest absolute Gasteiger partial charge is 0.122 e. The summed E-state index contributed by atoms with van der Waals surface area (Å²) in [4.78, 5) is 2.80. The zero-order chi connectivity index (χ0) is 13.1. The summed E-state index contributed by atoms with van der Waals surface area (Å²) in [6.45, 7) is 5.00. The lowest BCUT2D eigenvalue weighted by molar-refractivity contribution is 0.357. The molecule has 3 rings (SSSR count). The van der Waals surface area contributed by atoms with Crippen molar-refractivity contribution in [3.05, 3.63) is 51.2 Å². The number of aryl methyl sites for hydroxylation is 1. The van der Waals surface area contributed by atoms with Gasteiger partial charge in [0.25, 0.3) is 0 Å². The predicted molar refractivity (Wildman–Crippen MR) is 80.1 cm³/mol. The van der Waals surface area contributed by atoms with E-state index in [0.717, 1.165) is 38.3 Å². The molecule has 0 fully saturated rings. The van der Waals surface area contributed by atoms with Gasteiger partial charge in [-0.05, 0) is 49.2 Å². The number of hydrogen-bond donors (Lipinski definition) is 1. The highest BCUT2D eigenvalue weighted by molar-refractivity contribution is 7.11. The Morgan fingerprint density at radius 2 is 2.21 bits per heavy atom. The first kappa shape index (κ1) is 12.7. The zero-order valence-electron chi connectivity index (χ0n) is 11.2. The fourth-order valence-electron chi connectivity index (χ4n) is 2.42. The Bertz CT molecular complexity index is 562. The quantitative estimate of drug-likeness (QED) is 0.844. The highest BCUT2D eigenvalue weighted by Gasteiger charge is 2.11. The van der Waals surface area contributed by atoms with E-state index < -0.39 is 0 Å². The van der Waals surface area contributed by atoms with E-state index in [2.05, 4.69) is 42.6 Å². The van der Waals surface area contributed by atoms with Crippen molar-refractivity contribution in [2.45, 2.75) is 26.3 Å². The molecule has 0 aliphatic carbocycles. The van der Waals surface area contributed by atoms with Gasteiger partial charge in [0, 0.05) is 22.7 Å². The summed E-state index contributed by atoms with van der Waals surface area (Å²) in [5.74, 6) is 1.07. The molecule has 0 saturated carbocycles. The number of hydrogen-bond acceptors (Lipinski definition) is 3. The molecule has 0 bridgehead atoms. The number of thiophene rings is 1. The van der Waals surface area contributed by atoms with Crippen LogP contribution in [0.1, 0.15) is 20.9 Å². The molecule has 19 heavy (non-hydrogen) atoms. The van der Waals surface area contributed by atoms with Crippen LogP contribution in [0.5, 0.6) is 5.75 Å². The van der Waals surface area contributed by atoms with Crippen LogP contribution in [0, 0.1) is 6.92 Å². The third-order valence-corrected chi connectivity index (χ3v) is 4.44. The van der Waals surface area contributed by atoms with Crippen LogP contribution >= 0.6 is 11.3 Å². The van der Waals surface area contributed by atoms with E-state index in [1.165, 1.54) is 20.9 Å². The van der Waals surface area contributed by atoms with E-state index >= 15 is 0 Å². The zero-order valence-corrected chi connectivity index (χ0v) is 12.1. The third kappa shape index (κ3) is 3.17. The molecule has 100 valence electrons. The van der Waals surface area contributed by atoms with Crippen molar-refractivity contribution in [1.29, 1.82) is 0 Å². The first-order chi connectivity index (χ1) is 9.31. The first-order valence-electron chi connectivity index (χ1n) is 6.82. The fourth-order valence-corrected chi connectivity index (χ4v) is 3.28. The summed E-state index contributed by atoms with van der Waals surface area (Å²) in [7, 11) is 0. The molecule has 0 atom stereocenters. The van der Waals surface area contributed by atoms with Gasteiger partial charge in [0.15, 0.2) is 0 Å². The van der Waals surface area contributed by atoms with Gasteiger partial charge < -0.3 is 10.1 Å². The van der Waals surface area contributed by atoms with Gasteiger partial charge in [-0.1, -0.05) is 12.1 Å². The van der Waals surface area contributed by atoms with E-state index in [0.29, 0.717) is 0 Å². The summed E-state index contributed by atoms with van der Waals surface area (Å²) >= 11 is 1.87. The van der Waals surface area contributed by atoms with Crippen molar-refractivity contribution in [2.75, 3.05) is 13.2 Å². The maximum Gasteiger partial charge on any atom is 0.122 e. The van der Waals surface area contributed by atoms with Crippen molar-refractivity contribution in [3.8, 4) is 5.75 Å². The summed E-state index contributed by atoms with van der Waals surface area (Å²) < 4.78 is 5.52. The Kier molecular flexibility index (Phi) is 3.85. The minimum atomic E-state index is 0.842. The fraction of sp³-hybridized carbons (Fsp3) is 0.375. The minimum Gasteiger partial charge on any atom is -0.493 e. The Labute approximate surface area is 118 Å². The Hall–Kier alpha value is -1.32. The highest BCUT2D eigenvalue weighted by atomic mass is 32.1. The van der Waals surface area contributed by atoms with Crippen LogP contribution in [0.25, 0.3) is 0 Å². The number of nitrogens with one attached hydrogen (secondary N) is 1. The van der Waals surface area contributed by atoms with Crippen molar-refractivity contribution < 1.29 is 4.74 Å². The number of ether oxygens (including phenoxy) is 1. The molecule has 0 spiro atoms. The maximum atomic E-state index is 5.52. The average Bonchev–Trinajstić information content (AvgIpc) is 3.03. The Morgan fingerprint density at radius 3 is 3.05 bits per heavy atom. The second-order valence-electron chi connectivity index (χ2n) is 4.98. The molecular formula is C16H19NOS. The van der Waals surface area contributed by atoms with Gasteiger partial charge in [-0.2, -0.15) is 0 Å². The third-order valence-electron chi connectivity index (χ3n) is 3.44. The maximum absolute atomic E-state index is 5.52. The lowest BCUT2D eigenvalue weighted by Gasteiger charge is -2.05. The topological polar surface area (TPSA) is 21.3 Å². The number of benzene rings is 1. The summed E-state index contributed by atoms with van der Waals surface area (Å²) in [6, 6.07) is 11.0. The van der Waals surface area contributed by atoms with Crippen LogP contribution in [0.3, 0.4) is 0 Å². The van der Waals surface area contributed by atoms with Crippen LogP contribution in [-0.2, 0) is 19.4 Å². The van der Waals surface area contributed by atoms with Gasteiger partial charge in [0.05, 0.1) is 6.61 Å². The molecule has 1 aromatic carbocycles. The second kappa shape index (κ2) is 5.76. The van der Waals surface area contributed by atoms with Gasteiger partial charge in [-0.25, -0.2) is 0 Å². The Morgan fingerprint density at radius 1 is 1.26 bits per heavy atom. The van der Waals surface area contributed by atoms with Crippen LogP contribution in [-0.4, -0.2) is 13.2 Å². The molecule has 0 amide bonds. The lowest BCUT2D eigenvalue weighted by Crippen LogP contribution is -2.15. The normalized spacial score (nSPS) is 13.3. The van der Waals surface area contributed by atoms with Gasteiger partial charge in [-0.3, -0.25) is 0 Å². The predicted octanol–water partition coefficient (Wildman–Crippen LogP) is 3.32. The number of fused-ring (bicyclic) bond motifs is 1. The van der Waals surface area contributed by atoms with Crippen LogP contribution in [0.15, 0.2) is 30.3 Å². The molecule has 2 nitrogen and oxygen atoms in total. The van der Waals surface area contributed by atoms with Gasteiger partial charge in [0.2, 0.25) is 0 Å². The average molecular weight is 273 g/mol. The van der Waals surface area contributed by atoms with Gasteiger partial charge in [0.1, 0.15) is 5.75 Å². The van der Waals surface area contributed by atoms with Crippen LogP contribution in [0.2, 0.25) is 0 Å².